The van der Waals surface area contributed by atoms with Crippen LogP contribution in [0, 0.1) is 10.8 Å². The third-order valence-electron chi connectivity index (χ3n) is 1.24. The number of halogens is 2. The summed E-state index contributed by atoms with van der Waals surface area (Å²) in [6.45, 7) is 0.608. The fourth-order valence-electron chi connectivity index (χ4n) is 0.772. The summed E-state index contributed by atoms with van der Waals surface area (Å²) >= 11 is 9.39. The molecule has 1 rings (SSSR count). The minimum absolute atomic E-state index is 0.519. The van der Waals surface area contributed by atoms with E-state index in [1.54, 1.807) is 0 Å². The highest BCUT2D eigenvalue weighted by molar-refractivity contribution is 6.38. The average Bonchev–Trinajstić information content (AvgIpc) is 2.57. The van der Waals surface area contributed by atoms with Gasteiger partial charge in [-0.1, -0.05) is 0 Å². The second kappa shape index (κ2) is 7.23. The number of carbonyl (C=O) groups is 1. The van der Waals surface area contributed by atoms with Crippen LogP contribution in [-0.4, -0.2) is 23.8 Å². The van der Waals surface area contributed by atoms with E-state index in [9.17, 15) is 4.79 Å². The van der Waals surface area contributed by atoms with Gasteiger partial charge < -0.3 is 9.84 Å². The molecule has 1 heterocycles. The lowest BCUT2D eigenvalue weighted by Crippen LogP contribution is -2.17. The molecule has 1 fully saturated rings. The number of hydrogen-bond donors (Lipinski definition) is 1. The number of carboxylic acid groups (broad SMARTS) is 1. The van der Waals surface area contributed by atoms with Gasteiger partial charge in [0.25, 0.3) is 0 Å². The van der Waals surface area contributed by atoms with Crippen LogP contribution in [0.15, 0.2) is 0 Å². The van der Waals surface area contributed by atoms with Crippen molar-refractivity contribution in [2.75, 3.05) is 6.61 Å². The molecule has 12 heavy (non-hydrogen) atoms. The zero-order valence-electron chi connectivity index (χ0n) is 6.22. The van der Waals surface area contributed by atoms with Crippen molar-refractivity contribution in [1.29, 1.82) is 0 Å². The Morgan fingerprint density at radius 1 is 1.50 bits per heavy atom. The normalized spacial score (nSPS) is 20.0. The SMILES string of the molecule is ClC#CCl.O=C(O)C1CCCO1. The third-order valence-corrected chi connectivity index (χ3v) is 1.53. The summed E-state index contributed by atoms with van der Waals surface area (Å²) in [7, 11) is 0. The first-order valence-electron chi connectivity index (χ1n) is 3.28. The van der Waals surface area contributed by atoms with Crippen LogP contribution in [0.25, 0.3) is 0 Å². The Morgan fingerprint density at radius 2 is 2.08 bits per heavy atom. The predicted molar refractivity (Wildman–Crippen MR) is 46.1 cm³/mol. The van der Waals surface area contributed by atoms with Crippen LogP contribution in [0.2, 0.25) is 0 Å². The first-order valence-corrected chi connectivity index (χ1v) is 4.03. The molecule has 5 heteroatoms. The Morgan fingerprint density at radius 3 is 2.25 bits per heavy atom. The third kappa shape index (κ3) is 5.25. The lowest BCUT2D eigenvalue weighted by atomic mass is 10.2. The van der Waals surface area contributed by atoms with Gasteiger partial charge in [0.05, 0.1) is 0 Å². The van der Waals surface area contributed by atoms with Crippen LogP contribution in [-0.2, 0) is 9.53 Å². The fourth-order valence-corrected chi connectivity index (χ4v) is 0.772. The summed E-state index contributed by atoms with van der Waals surface area (Å²) in [6, 6.07) is 0. The molecule has 0 aromatic heterocycles. The standard InChI is InChI=1S/C5H8O3.C2Cl2/c6-5(7)4-2-1-3-8-4;3-1-2-4/h4H,1-3H2,(H,6,7);. The van der Waals surface area contributed by atoms with Crippen LogP contribution in [0.1, 0.15) is 12.8 Å². The molecule has 1 saturated heterocycles. The van der Waals surface area contributed by atoms with Gasteiger partial charge in [-0.3, -0.25) is 0 Å². The molecule has 3 nitrogen and oxygen atoms in total. The molecule has 0 aromatic carbocycles. The Labute approximate surface area is 80.6 Å². The monoisotopic (exact) mass is 210 g/mol. The van der Waals surface area contributed by atoms with Gasteiger partial charge in [-0.2, -0.15) is 0 Å². The lowest BCUT2D eigenvalue weighted by Gasteiger charge is -1.98. The molecule has 1 unspecified atom stereocenters. The average molecular weight is 211 g/mol. The summed E-state index contributed by atoms with van der Waals surface area (Å²) in [6.07, 6.45) is 1.04. The Hall–Kier alpha value is -0.430. The van der Waals surface area contributed by atoms with Crippen molar-refractivity contribution in [2.45, 2.75) is 18.9 Å². The van der Waals surface area contributed by atoms with Crippen LogP contribution in [0.3, 0.4) is 0 Å². The molecular weight excluding hydrogens is 203 g/mol. The largest absolute Gasteiger partial charge is 0.479 e. The zero-order chi connectivity index (χ0) is 9.40. The predicted octanol–water partition coefficient (Wildman–Crippen LogP) is 1.63. The van der Waals surface area contributed by atoms with Crippen LogP contribution < -0.4 is 0 Å². The molecular formula is C7H8Cl2O3. The van der Waals surface area contributed by atoms with Gasteiger partial charge in [-0.15, -0.1) is 0 Å². The highest BCUT2D eigenvalue weighted by Gasteiger charge is 2.21. The quantitative estimate of drug-likeness (QED) is 0.670. The fraction of sp³-hybridized carbons (Fsp3) is 0.571. The van der Waals surface area contributed by atoms with Gasteiger partial charge in [-0.25, -0.2) is 4.79 Å². The van der Waals surface area contributed by atoms with E-state index in [4.69, 9.17) is 33.0 Å². The number of aliphatic carboxylic acids is 1. The molecule has 0 saturated carbocycles. The van der Waals surface area contributed by atoms with E-state index in [0.717, 1.165) is 6.42 Å². The molecule has 0 aromatic rings. The highest BCUT2D eigenvalue weighted by atomic mass is 35.5. The lowest BCUT2D eigenvalue weighted by molar-refractivity contribution is -0.147. The minimum Gasteiger partial charge on any atom is -0.479 e. The van der Waals surface area contributed by atoms with Gasteiger partial charge >= 0.3 is 5.97 Å². The second-order valence-electron chi connectivity index (χ2n) is 2.03. The number of hydrogen-bond acceptors (Lipinski definition) is 2. The Kier molecular flexibility index (Phi) is 6.97. The first-order chi connectivity index (χ1) is 5.72. The van der Waals surface area contributed by atoms with Crippen LogP contribution in [0.4, 0.5) is 0 Å². The maximum absolute atomic E-state index is 10.1. The molecule has 0 amide bonds. The minimum atomic E-state index is -0.831. The molecule has 68 valence electrons. The molecule has 0 bridgehead atoms. The zero-order valence-corrected chi connectivity index (χ0v) is 7.73. The van der Waals surface area contributed by atoms with E-state index < -0.39 is 12.1 Å². The number of carboxylic acids is 1. The summed E-state index contributed by atoms with van der Waals surface area (Å²) in [4.78, 5) is 10.1. The molecule has 1 N–H and O–H groups in total. The second-order valence-corrected chi connectivity index (χ2v) is 2.41. The molecule has 0 radical (unpaired) electrons. The summed E-state index contributed by atoms with van der Waals surface area (Å²) in [5.74, 6) is -0.831. The summed E-state index contributed by atoms with van der Waals surface area (Å²) < 4.78 is 4.81. The van der Waals surface area contributed by atoms with Crippen molar-refractivity contribution in [2.24, 2.45) is 0 Å². The topological polar surface area (TPSA) is 46.5 Å². The smallest absolute Gasteiger partial charge is 0.332 e. The van der Waals surface area contributed by atoms with Crippen molar-refractivity contribution >= 4 is 29.2 Å². The van der Waals surface area contributed by atoms with E-state index in [-0.39, 0.29) is 0 Å². The van der Waals surface area contributed by atoms with Crippen LogP contribution >= 0.6 is 23.2 Å². The van der Waals surface area contributed by atoms with Crippen molar-refractivity contribution in [1.82, 2.24) is 0 Å². The number of ether oxygens (including phenoxy) is 1. The van der Waals surface area contributed by atoms with Crippen molar-refractivity contribution in [3.05, 3.63) is 0 Å². The van der Waals surface area contributed by atoms with Crippen molar-refractivity contribution in [3.8, 4) is 10.8 Å². The van der Waals surface area contributed by atoms with Gasteiger partial charge in [0.15, 0.2) is 6.10 Å². The Bertz CT molecular complexity index is 183. The summed E-state index contributed by atoms with van der Waals surface area (Å²) in [5.41, 5.74) is 0. The maximum Gasteiger partial charge on any atom is 0.332 e. The van der Waals surface area contributed by atoms with Gasteiger partial charge in [0.2, 0.25) is 0 Å². The first kappa shape index (κ1) is 11.6. The summed E-state index contributed by atoms with van der Waals surface area (Å²) in [5, 5.41) is 12.1. The van der Waals surface area contributed by atoms with E-state index >= 15 is 0 Å². The molecule has 0 aliphatic carbocycles. The van der Waals surface area contributed by atoms with Crippen molar-refractivity contribution < 1.29 is 14.6 Å². The van der Waals surface area contributed by atoms with Gasteiger partial charge in [0.1, 0.15) is 0 Å². The van der Waals surface area contributed by atoms with Gasteiger partial charge in [0, 0.05) is 17.4 Å². The molecule has 1 aliphatic rings. The Balaban J connectivity index is 0.000000261. The molecule has 1 aliphatic heterocycles. The molecule has 0 spiro atoms. The highest BCUT2D eigenvalue weighted by Crippen LogP contribution is 2.10. The maximum atomic E-state index is 10.1. The number of rotatable bonds is 1. The van der Waals surface area contributed by atoms with Gasteiger partial charge in [-0.05, 0) is 36.0 Å². The van der Waals surface area contributed by atoms with Crippen molar-refractivity contribution in [3.63, 3.8) is 0 Å². The molecule has 1 atom stereocenters. The van der Waals surface area contributed by atoms with E-state index in [2.05, 4.69) is 0 Å². The van der Waals surface area contributed by atoms with E-state index in [0.29, 0.717) is 13.0 Å². The van der Waals surface area contributed by atoms with E-state index in [1.807, 2.05) is 10.8 Å². The van der Waals surface area contributed by atoms with E-state index in [1.165, 1.54) is 0 Å². The van der Waals surface area contributed by atoms with Crippen LogP contribution in [0.5, 0.6) is 0 Å².